The molecule has 1 fully saturated rings. The highest BCUT2D eigenvalue weighted by molar-refractivity contribution is 7.88. The number of sulfonamides is 1. The van der Waals surface area contributed by atoms with E-state index in [-0.39, 0.29) is 5.92 Å². The summed E-state index contributed by atoms with van der Waals surface area (Å²) in [5, 5.41) is 4.06. The van der Waals surface area contributed by atoms with Crippen LogP contribution < -0.4 is 0 Å². The summed E-state index contributed by atoms with van der Waals surface area (Å²) in [6.45, 7) is 2.97. The van der Waals surface area contributed by atoms with Gasteiger partial charge in [0, 0.05) is 18.7 Å². The van der Waals surface area contributed by atoms with Crippen LogP contribution in [0.4, 0.5) is 0 Å². The Hall–Kier alpha value is -1.73. The van der Waals surface area contributed by atoms with E-state index in [1.807, 2.05) is 31.2 Å². The van der Waals surface area contributed by atoms with Gasteiger partial charge < -0.3 is 4.52 Å². The van der Waals surface area contributed by atoms with Crippen LogP contribution in [0.15, 0.2) is 28.8 Å². The van der Waals surface area contributed by atoms with E-state index in [4.69, 9.17) is 4.52 Å². The van der Waals surface area contributed by atoms with Crippen LogP contribution in [0.3, 0.4) is 0 Å². The fourth-order valence-electron chi connectivity index (χ4n) is 2.78. The van der Waals surface area contributed by atoms with Crippen LogP contribution >= 0.6 is 0 Å². The van der Waals surface area contributed by atoms with Gasteiger partial charge in [-0.2, -0.15) is 4.98 Å². The first-order valence-electron chi connectivity index (χ1n) is 7.30. The van der Waals surface area contributed by atoms with E-state index < -0.39 is 10.0 Å². The molecule has 1 atom stereocenters. The van der Waals surface area contributed by atoms with Crippen LogP contribution in [0.25, 0.3) is 11.4 Å². The van der Waals surface area contributed by atoms with Crippen molar-refractivity contribution < 1.29 is 12.9 Å². The highest BCUT2D eigenvalue weighted by atomic mass is 32.2. The minimum absolute atomic E-state index is 0.0336. The predicted octanol–water partition coefficient (Wildman–Crippen LogP) is 2.18. The lowest BCUT2D eigenvalue weighted by Gasteiger charge is -2.28. The second-order valence-corrected chi connectivity index (χ2v) is 7.71. The van der Waals surface area contributed by atoms with Gasteiger partial charge >= 0.3 is 0 Å². The molecule has 0 bridgehead atoms. The molecule has 118 valence electrons. The van der Waals surface area contributed by atoms with Gasteiger partial charge in [-0.15, -0.1) is 0 Å². The average Bonchev–Trinajstić information content (AvgIpc) is 2.97. The van der Waals surface area contributed by atoms with Crippen molar-refractivity contribution >= 4 is 10.0 Å². The molecule has 22 heavy (non-hydrogen) atoms. The van der Waals surface area contributed by atoms with Crippen molar-refractivity contribution in [1.82, 2.24) is 14.4 Å². The molecule has 1 aliphatic heterocycles. The zero-order valence-corrected chi connectivity index (χ0v) is 13.5. The first-order valence-corrected chi connectivity index (χ1v) is 9.14. The van der Waals surface area contributed by atoms with Gasteiger partial charge in [0.25, 0.3) is 0 Å². The maximum atomic E-state index is 11.7. The summed E-state index contributed by atoms with van der Waals surface area (Å²) in [6.07, 6.45) is 2.91. The predicted molar refractivity (Wildman–Crippen MR) is 82.9 cm³/mol. The van der Waals surface area contributed by atoms with Gasteiger partial charge in [-0.3, -0.25) is 0 Å². The molecule has 0 spiro atoms. The van der Waals surface area contributed by atoms with Crippen molar-refractivity contribution in [1.29, 1.82) is 0 Å². The molecule has 1 aromatic carbocycles. The van der Waals surface area contributed by atoms with E-state index in [0.29, 0.717) is 24.8 Å². The van der Waals surface area contributed by atoms with E-state index in [0.717, 1.165) is 24.0 Å². The van der Waals surface area contributed by atoms with Gasteiger partial charge in [0.2, 0.25) is 21.7 Å². The Bertz CT molecular complexity index is 770. The van der Waals surface area contributed by atoms with Crippen molar-refractivity contribution in [2.75, 3.05) is 19.3 Å². The van der Waals surface area contributed by atoms with Crippen LogP contribution in [-0.4, -0.2) is 42.2 Å². The van der Waals surface area contributed by atoms with Gasteiger partial charge in [0.1, 0.15) is 0 Å². The van der Waals surface area contributed by atoms with Crippen molar-refractivity contribution in [3.8, 4) is 11.4 Å². The summed E-state index contributed by atoms with van der Waals surface area (Å²) >= 11 is 0. The molecular weight excluding hydrogens is 302 g/mol. The average molecular weight is 321 g/mol. The monoisotopic (exact) mass is 321 g/mol. The molecule has 2 aromatic rings. The summed E-state index contributed by atoms with van der Waals surface area (Å²) in [7, 11) is -3.18. The lowest BCUT2D eigenvalue weighted by Crippen LogP contribution is -2.38. The lowest BCUT2D eigenvalue weighted by molar-refractivity contribution is 0.266. The number of aromatic nitrogens is 2. The van der Waals surface area contributed by atoms with Crippen molar-refractivity contribution in [2.24, 2.45) is 0 Å². The van der Waals surface area contributed by atoms with Crippen molar-refractivity contribution in [2.45, 2.75) is 25.7 Å². The molecule has 0 unspecified atom stereocenters. The molecule has 1 saturated heterocycles. The number of piperidine rings is 1. The maximum absolute atomic E-state index is 11.7. The molecule has 0 saturated carbocycles. The number of rotatable bonds is 3. The molecule has 0 N–H and O–H groups in total. The van der Waals surface area contributed by atoms with Crippen LogP contribution in [0, 0.1) is 6.92 Å². The Morgan fingerprint density at radius 2 is 2.09 bits per heavy atom. The summed E-state index contributed by atoms with van der Waals surface area (Å²) in [5.74, 6) is 1.05. The molecule has 0 radical (unpaired) electrons. The van der Waals surface area contributed by atoms with E-state index in [1.165, 1.54) is 10.6 Å². The van der Waals surface area contributed by atoms with Crippen molar-refractivity contribution in [3.05, 3.63) is 35.7 Å². The Labute approximate surface area is 130 Å². The summed E-state index contributed by atoms with van der Waals surface area (Å²) in [5.41, 5.74) is 2.02. The Morgan fingerprint density at radius 3 is 2.82 bits per heavy atom. The highest BCUT2D eigenvalue weighted by Crippen LogP contribution is 2.29. The molecule has 0 amide bonds. The highest BCUT2D eigenvalue weighted by Gasteiger charge is 2.30. The summed E-state index contributed by atoms with van der Waals surface area (Å²) in [4.78, 5) is 4.48. The quantitative estimate of drug-likeness (QED) is 0.866. The SMILES string of the molecule is Cc1ccccc1-c1noc([C@H]2CCCN(S(C)(=O)=O)C2)n1. The third-order valence-electron chi connectivity index (χ3n) is 4.03. The molecule has 0 aliphatic carbocycles. The Morgan fingerprint density at radius 1 is 1.32 bits per heavy atom. The minimum Gasteiger partial charge on any atom is -0.339 e. The van der Waals surface area contributed by atoms with E-state index >= 15 is 0 Å². The van der Waals surface area contributed by atoms with Gasteiger partial charge in [0.05, 0.1) is 12.2 Å². The number of aryl methyl sites for hydroxylation is 1. The smallest absolute Gasteiger partial charge is 0.231 e. The van der Waals surface area contributed by atoms with E-state index in [2.05, 4.69) is 10.1 Å². The largest absolute Gasteiger partial charge is 0.339 e. The second-order valence-electron chi connectivity index (χ2n) is 5.73. The van der Waals surface area contributed by atoms with Crippen LogP contribution in [0.2, 0.25) is 0 Å². The number of hydrogen-bond acceptors (Lipinski definition) is 5. The van der Waals surface area contributed by atoms with Gasteiger partial charge in [0.15, 0.2) is 0 Å². The second kappa shape index (κ2) is 5.81. The zero-order chi connectivity index (χ0) is 15.7. The third-order valence-corrected chi connectivity index (χ3v) is 5.30. The van der Waals surface area contributed by atoms with Crippen LogP contribution in [0.1, 0.15) is 30.2 Å². The first kappa shape index (κ1) is 15.2. The molecule has 1 aromatic heterocycles. The lowest BCUT2D eigenvalue weighted by atomic mass is 10.00. The molecule has 7 heteroatoms. The fraction of sp³-hybridized carbons (Fsp3) is 0.467. The molecule has 6 nitrogen and oxygen atoms in total. The fourth-order valence-corrected chi connectivity index (χ4v) is 3.69. The molecule has 1 aliphatic rings. The summed E-state index contributed by atoms with van der Waals surface area (Å²) < 4.78 is 30.3. The minimum atomic E-state index is -3.18. The van der Waals surface area contributed by atoms with Gasteiger partial charge in [-0.25, -0.2) is 12.7 Å². The van der Waals surface area contributed by atoms with E-state index in [1.54, 1.807) is 0 Å². The number of hydrogen-bond donors (Lipinski definition) is 0. The Balaban J connectivity index is 1.84. The van der Waals surface area contributed by atoms with Gasteiger partial charge in [-0.05, 0) is 25.3 Å². The summed E-state index contributed by atoms with van der Waals surface area (Å²) in [6, 6.07) is 7.85. The van der Waals surface area contributed by atoms with Crippen LogP contribution in [0.5, 0.6) is 0 Å². The topological polar surface area (TPSA) is 76.3 Å². The Kier molecular flexibility index (Phi) is 4.01. The maximum Gasteiger partial charge on any atom is 0.231 e. The van der Waals surface area contributed by atoms with E-state index in [9.17, 15) is 8.42 Å². The number of benzene rings is 1. The zero-order valence-electron chi connectivity index (χ0n) is 12.7. The van der Waals surface area contributed by atoms with Gasteiger partial charge in [-0.1, -0.05) is 29.4 Å². The van der Waals surface area contributed by atoms with Crippen molar-refractivity contribution in [3.63, 3.8) is 0 Å². The van der Waals surface area contributed by atoms with Crippen LogP contribution in [-0.2, 0) is 10.0 Å². The normalized spacial score (nSPS) is 20.2. The first-order chi connectivity index (χ1) is 10.4. The third kappa shape index (κ3) is 3.05. The molecular formula is C15H19N3O3S. The molecule has 3 rings (SSSR count). The molecule has 2 heterocycles. The standard InChI is InChI=1S/C15H19N3O3S/c1-11-6-3-4-8-13(11)14-16-15(21-17-14)12-7-5-9-18(10-12)22(2,19)20/h3-4,6,8,12H,5,7,9-10H2,1-2H3/t12-/m0/s1. The number of nitrogens with zero attached hydrogens (tertiary/aromatic N) is 3.